The number of aromatic nitrogens is 2. The molecule has 0 bridgehead atoms. The normalized spacial score (nSPS) is 13.0. The highest BCUT2D eigenvalue weighted by molar-refractivity contribution is 6.09. The summed E-state index contributed by atoms with van der Waals surface area (Å²) in [5, 5.41) is 2.08. The van der Waals surface area contributed by atoms with Crippen molar-refractivity contribution in [2.45, 2.75) is 6.42 Å². The van der Waals surface area contributed by atoms with Crippen LogP contribution >= 0.6 is 0 Å². The van der Waals surface area contributed by atoms with Crippen LogP contribution in [0.4, 0.5) is 0 Å². The van der Waals surface area contributed by atoms with Gasteiger partial charge in [0.15, 0.2) is 0 Å². The van der Waals surface area contributed by atoms with Crippen LogP contribution in [0.5, 0.6) is 0 Å². The average molecular weight is 352 g/mol. The molecule has 2 aromatic heterocycles. The van der Waals surface area contributed by atoms with Crippen LogP contribution in [0.15, 0.2) is 58.1 Å². The van der Waals surface area contributed by atoms with Crippen LogP contribution in [0.3, 0.4) is 0 Å². The van der Waals surface area contributed by atoms with Crippen LogP contribution in [0.1, 0.15) is 11.4 Å². The maximum Gasteiger partial charge on any atom is 0.235 e. The van der Waals surface area contributed by atoms with Crippen molar-refractivity contribution in [3.63, 3.8) is 0 Å². The van der Waals surface area contributed by atoms with E-state index in [2.05, 4.69) is 21.3 Å². The first-order valence-corrected chi connectivity index (χ1v) is 9.06. The third-order valence-corrected chi connectivity index (χ3v) is 6.20. The second kappa shape index (κ2) is 4.65. The lowest BCUT2D eigenvalue weighted by Crippen LogP contribution is -2.34. The van der Waals surface area contributed by atoms with Gasteiger partial charge in [0.2, 0.25) is 10.9 Å². The van der Waals surface area contributed by atoms with Crippen molar-refractivity contribution in [2.24, 2.45) is 14.1 Å². The Balaban J connectivity index is 1.87. The molecule has 5 aromatic rings. The molecule has 130 valence electrons. The lowest BCUT2D eigenvalue weighted by molar-refractivity contribution is 0.827. The number of rotatable bonds is 0. The van der Waals surface area contributed by atoms with Crippen molar-refractivity contribution in [2.75, 3.05) is 0 Å². The molecule has 3 aromatic carbocycles. The van der Waals surface area contributed by atoms with Gasteiger partial charge in [0.1, 0.15) is 0 Å². The van der Waals surface area contributed by atoms with Gasteiger partial charge in [-0.05, 0) is 12.1 Å². The molecule has 0 saturated heterocycles. The fourth-order valence-corrected chi connectivity index (χ4v) is 4.89. The molecule has 0 atom stereocenters. The van der Waals surface area contributed by atoms with Gasteiger partial charge in [-0.1, -0.05) is 36.4 Å². The van der Waals surface area contributed by atoms with Crippen LogP contribution in [0, 0.1) is 0 Å². The Morgan fingerprint density at radius 2 is 1.04 bits per heavy atom. The van der Waals surface area contributed by atoms with Crippen LogP contribution in [0.2, 0.25) is 0 Å². The number of benzene rings is 2. The number of para-hydroxylation sites is 2. The van der Waals surface area contributed by atoms with E-state index in [1.807, 2.05) is 50.5 Å². The Morgan fingerprint density at radius 3 is 1.48 bits per heavy atom. The molecule has 2 heterocycles. The predicted molar refractivity (Wildman–Crippen MR) is 108 cm³/mol. The highest BCUT2D eigenvalue weighted by atomic mass is 16.2. The zero-order chi connectivity index (χ0) is 18.4. The van der Waals surface area contributed by atoms with Gasteiger partial charge in [-0.3, -0.25) is 9.59 Å². The van der Waals surface area contributed by atoms with Crippen LogP contribution < -0.4 is 10.9 Å². The third kappa shape index (κ3) is 1.55. The van der Waals surface area contributed by atoms with Gasteiger partial charge in [0.05, 0.1) is 0 Å². The largest absolute Gasteiger partial charge is 0.347 e. The van der Waals surface area contributed by atoms with Crippen LogP contribution in [-0.4, -0.2) is 9.13 Å². The van der Waals surface area contributed by atoms with Gasteiger partial charge in [-0.25, -0.2) is 0 Å². The van der Waals surface area contributed by atoms with Gasteiger partial charge < -0.3 is 9.13 Å². The number of nitrogens with zero attached hydrogens (tertiary/aromatic N) is 2. The first kappa shape index (κ1) is 14.7. The molecule has 1 aliphatic carbocycles. The van der Waals surface area contributed by atoms with E-state index in [-0.39, 0.29) is 10.9 Å². The third-order valence-electron chi connectivity index (χ3n) is 6.20. The summed E-state index contributed by atoms with van der Waals surface area (Å²) in [5.41, 5.74) is 6.72. The summed E-state index contributed by atoms with van der Waals surface area (Å²) in [7, 11) is 4.08. The van der Waals surface area contributed by atoms with Gasteiger partial charge in [0.25, 0.3) is 0 Å². The molecule has 1 aliphatic rings. The molecule has 0 fully saturated rings. The summed E-state index contributed by atoms with van der Waals surface area (Å²) in [4.78, 5) is 25.4. The fraction of sp³-hybridized carbons (Fsp3) is 0.130. The standard InChI is InChI=1S/C23H16N2O2/c1-24-14-9-5-3-7-12(14)18-16(24)11-17-19(21-20(18)22(26)23(21)27)13-8-4-6-10-15(13)25(17)2/h3-10H,11H2,1-2H3. The topological polar surface area (TPSA) is 44.0 Å². The van der Waals surface area contributed by atoms with E-state index in [0.29, 0.717) is 17.5 Å². The minimum Gasteiger partial charge on any atom is -0.347 e. The molecule has 0 spiro atoms. The lowest BCUT2D eigenvalue weighted by Gasteiger charge is -2.09. The zero-order valence-electron chi connectivity index (χ0n) is 15.0. The van der Waals surface area contributed by atoms with Crippen LogP contribution in [0.25, 0.3) is 44.1 Å². The summed E-state index contributed by atoms with van der Waals surface area (Å²) >= 11 is 0. The Bertz CT molecular complexity index is 1390. The Morgan fingerprint density at radius 1 is 0.630 bits per heavy atom. The van der Waals surface area contributed by atoms with Gasteiger partial charge in [0, 0.05) is 76.0 Å². The average Bonchev–Trinajstić information content (AvgIpc) is 3.06. The van der Waals surface area contributed by atoms with Gasteiger partial charge in [-0.15, -0.1) is 0 Å². The molecule has 6 rings (SSSR count). The molecule has 0 N–H and O–H groups in total. The van der Waals surface area contributed by atoms with Crippen molar-refractivity contribution in [1.82, 2.24) is 9.13 Å². The van der Waals surface area contributed by atoms with E-state index in [0.717, 1.165) is 44.3 Å². The molecule has 0 saturated carbocycles. The minimum atomic E-state index is -0.358. The minimum absolute atomic E-state index is 0.358. The van der Waals surface area contributed by atoms with Crippen LogP contribution in [-0.2, 0) is 20.5 Å². The second-order valence-electron chi connectivity index (χ2n) is 7.38. The molecule has 0 unspecified atom stereocenters. The maximum atomic E-state index is 12.7. The SMILES string of the molecule is Cn1c2c(c3ccccc31)-c1c(c(=O)c1=O)-c1c(n(C)c3ccccc13)C2. The molecule has 0 amide bonds. The van der Waals surface area contributed by atoms with Crippen molar-refractivity contribution in [3.05, 3.63) is 80.4 Å². The first-order chi connectivity index (χ1) is 13.1. The van der Waals surface area contributed by atoms with Crippen molar-refractivity contribution in [3.8, 4) is 22.3 Å². The van der Waals surface area contributed by atoms with E-state index in [1.165, 1.54) is 0 Å². The Hall–Kier alpha value is -3.40. The summed E-state index contributed by atoms with van der Waals surface area (Å²) in [6.07, 6.45) is 0.689. The van der Waals surface area contributed by atoms with E-state index in [9.17, 15) is 9.59 Å². The smallest absolute Gasteiger partial charge is 0.235 e. The highest BCUT2D eigenvalue weighted by Gasteiger charge is 2.35. The highest BCUT2D eigenvalue weighted by Crippen LogP contribution is 2.46. The zero-order valence-corrected chi connectivity index (χ0v) is 15.0. The second-order valence-corrected chi connectivity index (χ2v) is 7.38. The molecule has 4 heteroatoms. The lowest BCUT2D eigenvalue weighted by atomic mass is 9.89. The van der Waals surface area contributed by atoms with Gasteiger partial charge in [-0.2, -0.15) is 0 Å². The number of hydrogen-bond donors (Lipinski definition) is 0. The summed E-state index contributed by atoms with van der Waals surface area (Å²) in [5.74, 6) is 0. The fourth-order valence-electron chi connectivity index (χ4n) is 4.89. The summed E-state index contributed by atoms with van der Waals surface area (Å²) in [6.45, 7) is 0. The van der Waals surface area contributed by atoms with E-state index in [1.54, 1.807) is 0 Å². The maximum absolute atomic E-state index is 12.7. The molecule has 0 radical (unpaired) electrons. The summed E-state index contributed by atoms with van der Waals surface area (Å²) < 4.78 is 4.33. The van der Waals surface area contributed by atoms with Crippen molar-refractivity contribution in [1.29, 1.82) is 0 Å². The quantitative estimate of drug-likeness (QED) is 0.393. The van der Waals surface area contributed by atoms with E-state index in [4.69, 9.17) is 0 Å². The number of hydrogen-bond acceptors (Lipinski definition) is 2. The molecular weight excluding hydrogens is 336 g/mol. The molecule has 4 nitrogen and oxygen atoms in total. The van der Waals surface area contributed by atoms with E-state index < -0.39 is 0 Å². The number of aryl methyl sites for hydroxylation is 2. The molecule has 0 aliphatic heterocycles. The number of fused-ring (bicyclic) bond motifs is 9. The van der Waals surface area contributed by atoms with Crippen molar-refractivity contribution < 1.29 is 0 Å². The van der Waals surface area contributed by atoms with Gasteiger partial charge >= 0.3 is 0 Å². The molecular formula is C23H16N2O2. The summed E-state index contributed by atoms with van der Waals surface area (Å²) in [6, 6.07) is 16.2. The molecule has 27 heavy (non-hydrogen) atoms. The monoisotopic (exact) mass is 352 g/mol. The Kier molecular flexibility index (Phi) is 2.54. The Labute approximate surface area is 154 Å². The van der Waals surface area contributed by atoms with E-state index >= 15 is 0 Å². The predicted octanol–water partition coefficient (Wildman–Crippen LogP) is 3.50. The van der Waals surface area contributed by atoms with Crippen molar-refractivity contribution >= 4 is 21.8 Å². The first-order valence-electron chi connectivity index (χ1n) is 9.06.